The smallest absolute Gasteiger partial charge is 0.416 e. The number of aliphatic hydroxyl groups is 1. The Labute approximate surface area is 191 Å². The summed E-state index contributed by atoms with van der Waals surface area (Å²) >= 11 is 1.27. The summed E-state index contributed by atoms with van der Waals surface area (Å²) in [5.74, 6) is -0.965. The maximum atomic E-state index is 13.0. The van der Waals surface area contributed by atoms with Gasteiger partial charge in [0.2, 0.25) is 0 Å². The van der Waals surface area contributed by atoms with Crippen LogP contribution in [-0.4, -0.2) is 31.1 Å². The van der Waals surface area contributed by atoms with Crippen molar-refractivity contribution in [3.63, 3.8) is 0 Å². The zero-order valence-corrected chi connectivity index (χ0v) is 18.4. The number of aromatic nitrogens is 3. The molecule has 11 heteroatoms. The molecule has 1 saturated carbocycles. The SMILES string of the molecule is Cc1cc(Nc2cc(C(F)(F)F)ccn2)nc(-c2cnc([C@]3(O)CC[C@@H](C(=O)O)CC3)s2)c1. The van der Waals surface area contributed by atoms with Crippen LogP contribution in [0.15, 0.2) is 36.7 Å². The van der Waals surface area contributed by atoms with Crippen LogP contribution in [0.2, 0.25) is 0 Å². The molecule has 0 bridgehead atoms. The molecule has 0 radical (unpaired) electrons. The maximum absolute atomic E-state index is 13.0. The number of hydrogen-bond donors (Lipinski definition) is 3. The summed E-state index contributed by atoms with van der Waals surface area (Å²) in [5.41, 5.74) is -0.617. The van der Waals surface area contributed by atoms with Crippen molar-refractivity contribution < 1.29 is 28.2 Å². The van der Waals surface area contributed by atoms with Crippen LogP contribution in [0.1, 0.15) is 41.8 Å². The molecule has 0 amide bonds. The maximum Gasteiger partial charge on any atom is 0.416 e. The van der Waals surface area contributed by atoms with Crippen LogP contribution in [0.25, 0.3) is 10.6 Å². The number of alkyl halides is 3. The molecule has 3 N–H and O–H groups in total. The summed E-state index contributed by atoms with van der Waals surface area (Å²) in [6, 6.07) is 5.31. The number of carboxylic acids is 1. The Kier molecular flexibility index (Phi) is 6.10. The van der Waals surface area contributed by atoms with Gasteiger partial charge in [-0.25, -0.2) is 15.0 Å². The van der Waals surface area contributed by atoms with Crippen LogP contribution < -0.4 is 5.32 Å². The second-order valence-electron chi connectivity index (χ2n) is 8.14. The van der Waals surface area contributed by atoms with Crippen molar-refractivity contribution in [3.05, 3.63) is 52.8 Å². The van der Waals surface area contributed by atoms with Crippen molar-refractivity contribution in [2.45, 2.75) is 44.4 Å². The highest BCUT2D eigenvalue weighted by Crippen LogP contribution is 2.42. The lowest BCUT2D eigenvalue weighted by Gasteiger charge is -2.32. The first kappa shape index (κ1) is 23.1. The Morgan fingerprint density at radius 1 is 1.18 bits per heavy atom. The van der Waals surface area contributed by atoms with E-state index >= 15 is 0 Å². The fraction of sp³-hybridized carbons (Fsp3) is 0.364. The van der Waals surface area contributed by atoms with E-state index in [2.05, 4.69) is 20.3 Å². The molecule has 174 valence electrons. The van der Waals surface area contributed by atoms with Gasteiger partial charge in [-0.2, -0.15) is 13.2 Å². The second kappa shape index (κ2) is 8.71. The average molecular weight is 478 g/mol. The Bertz CT molecular complexity index is 1170. The van der Waals surface area contributed by atoms with Crippen molar-refractivity contribution in [2.24, 2.45) is 5.92 Å². The molecule has 0 saturated heterocycles. The molecule has 1 aliphatic rings. The Hall–Kier alpha value is -3.05. The number of carbonyl (C=O) groups is 1. The molecule has 0 unspecified atom stereocenters. The highest BCUT2D eigenvalue weighted by Gasteiger charge is 2.39. The zero-order chi connectivity index (χ0) is 23.8. The number of thiazole rings is 1. The molecule has 0 aliphatic heterocycles. The van der Waals surface area contributed by atoms with Gasteiger partial charge in [0.15, 0.2) is 0 Å². The Morgan fingerprint density at radius 2 is 1.91 bits per heavy atom. The molecule has 3 aromatic rings. The number of nitrogens with one attached hydrogen (secondary N) is 1. The van der Waals surface area contributed by atoms with Gasteiger partial charge in [0.25, 0.3) is 0 Å². The minimum Gasteiger partial charge on any atom is -0.481 e. The molecule has 3 heterocycles. The second-order valence-corrected chi connectivity index (χ2v) is 9.17. The van der Waals surface area contributed by atoms with E-state index in [9.17, 15) is 28.2 Å². The minimum atomic E-state index is -4.48. The lowest BCUT2D eigenvalue weighted by molar-refractivity contribution is -0.145. The zero-order valence-electron chi connectivity index (χ0n) is 17.6. The molecule has 0 spiro atoms. The molecular weight excluding hydrogens is 457 g/mol. The van der Waals surface area contributed by atoms with E-state index in [4.69, 9.17) is 0 Å². The van der Waals surface area contributed by atoms with Gasteiger partial charge in [0, 0.05) is 12.4 Å². The van der Waals surface area contributed by atoms with E-state index in [1.165, 1.54) is 11.3 Å². The van der Waals surface area contributed by atoms with Gasteiger partial charge in [-0.1, -0.05) is 0 Å². The van der Waals surface area contributed by atoms with E-state index in [0.29, 0.717) is 47.1 Å². The summed E-state index contributed by atoms with van der Waals surface area (Å²) in [4.78, 5) is 24.7. The minimum absolute atomic E-state index is 0.0170. The largest absolute Gasteiger partial charge is 0.481 e. The highest BCUT2D eigenvalue weighted by molar-refractivity contribution is 7.15. The van der Waals surface area contributed by atoms with E-state index in [-0.39, 0.29) is 5.82 Å². The number of carboxylic acid groups (broad SMARTS) is 1. The summed E-state index contributed by atoms with van der Waals surface area (Å²) < 4.78 is 38.9. The summed E-state index contributed by atoms with van der Waals surface area (Å²) in [6.07, 6.45) is -0.429. The topological polar surface area (TPSA) is 108 Å². The van der Waals surface area contributed by atoms with Crippen molar-refractivity contribution in [1.82, 2.24) is 15.0 Å². The molecule has 1 aliphatic carbocycles. The molecule has 0 aromatic carbocycles. The Balaban J connectivity index is 1.56. The number of nitrogens with zero attached hydrogens (tertiary/aromatic N) is 3. The number of aryl methyl sites for hydroxylation is 1. The van der Waals surface area contributed by atoms with Crippen molar-refractivity contribution in [3.8, 4) is 10.6 Å². The number of aliphatic carboxylic acids is 1. The van der Waals surface area contributed by atoms with Gasteiger partial charge in [-0.15, -0.1) is 11.3 Å². The van der Waals surface area contributed by atoms with E-state index < -0.39 is 29.2 Å². The van der Waals surface area contributed by atoms with Crippen molar-refractivity contribution in [2.75, 3.05) is 5.32 Å². The van der Waals surface area contributed by atoms with Gasteiger partial charge in [0.05, 0.1) is 22.1 Å². The molecular formula is C22H21F3N4O3S. The first-order chi connectivity index (χ1) is 15.5. The quantitative estimate of drug-likeness (QED) is 0.466. The number of halogens is 3. The fourth-order valence-electron chi connectivity index (χ4n) is 3.83. The Morgan fingerprint density at radius 3 is 2.58 bits per heavy atom. The molecule has 0 atom stereocenters. The molecule has 3 aromatic heterocycles. The number of anilines is 2. The standard InChI is InChI=1S/C22H21F3N4O3S/c1-12-8-15(28-18(9-12)29-17-10-14(4-7-26-17)22(23,24)25)16-11-27-20(33-16)21(32)5-2-13(3-6-21)19(30)31/h4,7-11,13,32H,2-3,5-6H2,1H3,(H,30,31)(H,26,28,29)/t13-,21+. The average Bonchev–Trinajstić information content (AvgIpc) is 3.25. The molecule has 33 heavy (non-hydrogen) atoms. The number of rotatable bonds is 5. The molecule has 7 nitrogen and oxygen atoms in total. The normalized spacial score (nSPS) is 21.1. The summed E-state index contributed by atoms with van der Waals surface area (Å²) in [5, 5.41) is 23.5. The van der Waals surface area contributed by atoms with Crippen LogP contribution in [-0.2, 0) is 16.6 Å². The summed E-state index contributed by atoms with van der Waals surface area (Å²) in [7, 11) is 0. The van der Waals surface area contributed by atoms with E-state index in [0.717, 1.165) is 23.9 Å². The van der Waals surface area contributed by atoms with E-state index in [1.807, 2.05) is 13.0 Å². The van der Waals surface area contributed by atoms with Crippen LogP contribution in [0.4, 0.5) is 24.8 Å². The first-order valence-electron chi connectivity index (χ1n) is 10.2. The predicted molar refractivity (Wildman–Crippen MR) is 116 cm³/mol. The van der Waals surface area contributed by atoms with Gasteiger partial charge in [0.1, 0.15) is 22.2 Å². The monoisotopic (exact) mass is 478 g/mol. The third kappa shape index (κ3) is 5.14. The number of pyridine rings is 2. The first-order valence-corrected chi connectivity index (χ1v) is 11.1. The van der Waals surface area contributed by atoms with Crippen molar-refractivity contribution >= 4 is 28.9 Å². The predicted octanol–water partition coefficient (Wildman–Crippen LogP) is 5.13. The third-order valence-corrected chi connectivity index (χ3v) is 6.84. The van der Waals surface area contributed by atoms with Gasteiger partial charge < -0.3 is 15.5 Å². The van der Waals surface area contributed by atoms with Gasteiger partial charge in [-0.05, 0) is 62.4 Å². The molecule has 4 rings (SSSR count). The molecule has 1 fully saturated rings. The number of hydrogen-bond acceptors (Lipinski definition) is 7. The van der Waals surface area contributed by atoms with Gasteiger partial charge >= 0.3 is 12.1 Å². The van der Waals surface area contributed by atoms with Crippen LogP contribution in [0, 0.1) is 12.8 Å². The van der Waals surface area contributed by atoms with Crippen molar-refractivity contribution in [1.29, 1.82) is 0 Å². The fourth-order valence-corrected chi connectivity index (χ4v) is 4.85. The van der Waals surface area contributed by atoms with Crippen LogP contribution in [0.5, 0.6) is 0 Å². The van der Waals surface area contributed by atoms with Crippen LogP contribution >= 0.6 is 11.3 Å². The lowest BCUT2D eigenvalue weighted by Crippen LogP contribution is -2.33. The summed E-state index contributed by atoms with van der Waals surface area (Å²) in [6.45, 7) is 1.83. The van der Waals surface area contributed by atoms with Crippen LogP contribution in [0.3, 0.4) is 0 Å². The van der Waals surface area contributed by atoms with Gasteiger partial charge in [-0.3, -0.25) is 4.79 Å². The highest BCUT2D eigenvalue weighted by atomic mass is 32.1. The van der Waals surface area contributed by atoms with E-state index in [1.54, 1.807) is 12.3 Å². The lowest BCUT2D eigenvalue weighted by atomic mass is 9.79. The third-order valence-electron chi connectivity index (χ3n) is 5.63.